The smallest absolute Gasteiger partial charge is 0.265 e. The minimum atomic E-state index is -0.156. The van der Waals surface area contributed by atoms with Gasteiger partial charge in [0.25, 0.3) is 5.91 Å². The average molecular weight is 338 g/mol. The van der Waals surface area contributed by atoms with E-state index < -0.39 is 0 Å². The lowest BCUT2D eigenvalue weighted by molar-refractivity contribution is -0.120. The molecule has 114 valence electrons. The first-order valence-corrected chi connectivity index (χ1v) is 7.40. The molecule has 0 atom stereocenters. The second-order valence-electron chi connectivity index (χ2n) is 4.82. The van der Waals surface area contributed by atoms with E-state index in [2.05, 4.69) is 0 Å². The Hall–Kier alpha value is -1.91. The minimum Gasteiger partial charge on any atom is -0.493 e. The number of carbonyl (C=O) groups is 1. The summed E-state index contributed by atoms with van der Waals surface area (Å²) in [6, 6.07) is 10.7. The maximum atomic E-state index is 12.4. The quantitative estimate of drug-likeness (QED) is 0.833. The van der Waals surface area contributed by atoms with Gasteiger partial charge in [-0.15, -0.1) is 0 Å². The Morgan fingerprint density at radius 3 is 2.73 bits per heavy atom. The molecule has 1 amide bonds. The first-order chi connectivity index (χ1) is 10.6. The summed E-state index contributed by atoms with van der Waals surface area (Å²) in [5, 5.41) is 0.856. The average Bonchev–Trinajstić information content (AvgIpc) is 2.69. The monoisotopic (exact) mass is 337 g/mol. The highest BCUT2D eigenvalue weighted by atomic mass is 35.5. The summed E-state index contributed by atoms with van der Waals surface area (Å²) in [7, 11) is 1.57. The molecule has 2 aromatic carbocycles. The molecule has 1 aliphatic heterocycles. The van der Waals surface area contributed by atoms with E-state index in [1.54, 1.807) is 36.3 Å². The number of fused-ring (bicyclic) bond motifs is 1. The van der Waals surface area contributed by atoms with Crippen LogP contribution in [-0.4, -0.2) is 19.6 Å². The molecule has 0 saturated carbocycles. The molecular formula is C16H13Cl2NO3. The zero-order chi connectivity index (χ0) is 15.7. The maximum absolute atomic E-state index is 12.4. The normalized spacial score (nSPS) is 14.1. The van der Waals surface area contributed by atoms with E-state index in [1.807, 2.05) is 12.1 Å². The molecule has 0 unspecified atom stereocenters. The van der Waals surface area contributed by atoms with Crippen molar-refractivity contribution in [2.45, 2.75) is 6.54 Å². The van der Waals surface area contributed by atoms with Crippen molar-refractivity contribution in [1.29, 1.82) is 0 Å². The lowest BCUT2D eigenvalue weighted by Crippen LogP contribution is -2.32. The highest BCUT2D eigenvalue weighted by molar-refractivity contribution is 6.42. The van der Waals surface area contributed by atoms with Crippen molar-refractivity contribution in [1.82, 2.24) is 0 Å². The molecule has 0 N–H and O–H groups in total. The molecule has 0 spiro atoms. The third-order valence-electron chi connectivity index (χ3n) is 3.46. The summed E-state index contributed by atoms with van der Waals surface area (Å²) < 4.78 is 10.9. The number of carbonyl (C=O) groups excluding carboxylic acids is 1. The van der Waals surface area contributed by atoms with Crippen molar-refractivity contribution in [3.8, 4) is 11.5 Å². The van der Waals surface area contributed by atoms with Crippen molar-refractivity contribution in [2.75, 3.05) is 18.6 Å². The number of hydrogen-bond acceptors (Lipinski definition) is 3. The van der Waals surface area contributed by atoms with Gasteiger partial charge in [-0.25, -0.2) is 0 Å². The molecule has 0 aromatic heterocycles. The Kier molecular flexibility index (Phi) is 4.14. The first-order valence-electron chi connectivity index (χ1n) is 6.64. The number of halogens is 2. The van der Waals surface area contributed by atoms with E-state index >= 15 is 0 Å². The zero-order valence-electron chi connectivity index (χ0n) is 11.8. The van der Waals surface area contributed by atoms with Gasteiger partial charge >= 0.3 is 0 Å². The highest BCUT2D eigenvalue weighted by Crippen LogP contribution is 2.35. The second-order valence-corrected chi connectivity index (χ2v) is 5.63. The summed E-state index contributed by atoms with van der Waals surface area (Å²) >= 11 is 12.0. The van der Waals surface area contributed by atoms with Crippen molar-refractivity contribution in [3.05, 3.63) is 52.0 Å². The maximum Gasteiger partial charge on any atom is 0.265 e. The number of benzene rings is 2. The van der Waals surface area contributed by atoms with Gasteiger partial charge in [0, 0.05) is 11.3 Å². The van der Waals surface area contributed by atoms with E-state index in [4.69, 9.17) is 32.7 Å². The van der Waals surface area contributed by atoms with Crippen LogP contribution in [0.4, 0.5) is 5.69 Å². The van der Waals surface area contributed by atoms with E-state index in [-0.39, 0.29) is 12.5 Å². The largest absolute Gasteiger partial charge is 0.493 e. The molecule has 0 bridgehead atoms. The van der Waals surface area contributed by atoms with Crippen LogP contribution in [0.1, 0.15) is 5.56 Å². The van der Waals surface area contributed by atoms with Crippen molar-refractivity contribution in [3.63, 3.8) is 0 Å². The number of para-hydroxylation sites is 1. The molecule has 3 rings (SSSR count). The van der Waals surface area contributed by atoms with Gasteiger partial charge in [0.1, 0.15) is 0 Å². The molecule has 0 aliphatic carbocycles. The summed E-state index contributed by atoms with van der Waals surface area (Å²) in [6.07, 6.45) is 0. The summed E-state index contributed by atoms with van der Waals surface area (Å²) in [4.78, 5) is 14.0. The molecule has 6 heteroatoms. The van der Waals surface area contributed by atoms with Crippen LogP contribution in [0.5, 0.6) is 11.5 Å². The molecule has 1 aliphatic rings. The van der Waals surface area contributed by atoms with Crippen LogP contribution < -0.4 is 14.4 Å². The van der Waals surface area contributed by atoms with Crippen LogP contribution in [0.3, 0.4) is 0 Å². The molecule has 0 saturated heterocycles. The fourth-order valence-corrected chi connectivity index (χ4v) is 2.66. The number of hydrogen-bond donors (Lipinski definition) is 0. The molecule has 0 fully saturated rings. The SMILES string of the molecule is COc1cccc2c1OCC(=O)N(c1ccc(Cl)c(Cl)c1)C2. The minimum absolute atomic E-state index is 0.0619. The van der Waals surface area contributed by atoms with E-state index in [1.165, 1.54) is 0 Å². The number of rotatable bonds is 2. The predicted octanol–water partition coefficient (Wildman–Crippen LogP) is 3.93. The number of amides is 1. The molecular weight excluding hydrogens is 325 g/mol. The third-order valence-corrected chi connectivity index (χ3v) is 4.20. The summed E-state index contributed by atoms with van der Waals surface area (Å²) in [5.74, 6) is 1.05. The van der Waals surface area contributed by atoms with E-state index in [0.29, 0.717) is 33.8 Å². The zero-order valence-corrected chi connectivity index (χ0v) is 13.3. The van der Waals surface area contributed by atoms with Crippen LogP contribution in [0.2, 0.25) is 10.0 Å². The van der Waals surface area contributed by atoms with Gasteiger partial charge in [-0.1, -0.05) is 35.3 Å². The molecule has 0 radical (unpaired) electrons. The van der Waals surface area contributed by atoms with Crippen LogP contribution in [0, 0.1) is 0 Å². The number of anilines is 1. The topological polar surface area (TPSA) is 38.8 Å². The van der Waals surface area contributed by atoms with Gasteiger partial charge in [-0.2, -0.15) is 0 Å². The standard InChI is InChI=1S/C16H13Cl2NO3/c1-21-14-4-2-3-10-8-19(15(20)9-22-16(10)14)11-5-6-12(17)13(18)7-11/h2-7H,8-9H2,1H3. The third kappa shape index (κ3) is 2.72. The van der Waals surface area contributed by atoms with Crippen LogP contribution in [-0.2, 0) is 11.3 Å². The van der Waals surface area contributed by atoms with Gasteiger partial charge in [0.15, 0.2) is 18.1 Å². The van der Waals surface area contributed by atoms with E-state index in [9.17, 15) is 4.79 Å². The Morgan fingerprint density at radius 2 is 2.00 bits per heavy atom. The predicted molar refractivity (Wildman–Crippen MR) is 86.1 cm³/mol. The number of nitrogens with zero attached hydrogens (tertiary/aromatic N) is 1. The van der Waals surface area contributed by atoms with Gasteiger partial charge in [-0.3, -0.25) is 4.79 Å². The number of methoxy groups -OCH3 is 1. The molecule has 4 nitrogen and oxygen atoms in total. The van der Waals surface area contributed by atoms with Crippen molar-refractivity contribution < 1.29 is 14.3 Å². The molecule has 22 heavy (non-hydrogen) atoms. The first kappa shape index (κ1) is 15.0. The molecule has 2 aromatic rings. The molecule has 1 heterocycles. The van der Waals surface area contributed by atoms with Gasteiger partial charge < -0.3 is 14.4 Å². The van der Waals surface area contributed by atoms with Crippen LogP contribution in [0.25, 0.3) is 0 Å². The highest BCUT2D eigenvalue weighted by Gasteiger charge is 2.25. The fourth-order valence-electron chi connectivity index (χ4n) is 2.37. The van der Waals surface area contributed by atoms with Crippen molar-refractivity contribution in [2.24, 2.45) is 0 Å². The van der Waals surface area contributed by atoms with Crippen LogP contribution in [0.15, 0.2) is 36.4 Å². The summed E-state index contributed by atoms with van der Waals surface area (Å²) in [5.41, 5.74) is 1.55. The lowest BCUT2D eigenvalue weighted by Gasteiger charge is -2.20. The van der Waals surface area contributed by atoms with Crippen molar-refractivity contribution >= 4 is 34.8 Å². The second kappa shape index (κ2) is 6.07. The Bertz CT molecular complexity index is 733. The number of ether oxygens (including phenoxy) is 2. The fraction of sp³-hybridized carbons (Fsp3) is 0.188. The van der Waals surface area contributed by atoms with Gasteiger partial charge in [0.05, 0.1) is 23.7 Å². The van der Waals surface area contributed by atoms with Gasteiger partial charge in [-0.05, 0) is 24.3 Å². The van der Waals surface area contributed by atoms with Crippen LogP contribution >= 0.6 is 23.2 Å². The summed E-state index contributed by atoms with van der Waals surface area (Å²) in [6.45, 7) is 0.316. The Balaban J connectivity index is 2.01. The van der Waals surface area contributed by atoms with Gasteiger partial charge in [0.2, 0.25) is 0 Å². The Labute approximate surface area is 138 Å². The van der Waals surface area contributed by atoms with E-state index in [0.717, 1.165) is 5.56 Å². The Morgan fingerprint density at radius 1 is 1.18 bits per heavy atom. The lowest BCUT2D eigenvalue weighted by atomic mass is 10.1.